The number of urea groups is 1. The second kappa shape index (κ2) is 4.01. The van der Waals surface area contributed by atoms with Crippen molar-refractivity contribution in [3.05, 3.63) is 0 Å². The van der Waals surface area contributed by atoms with Gasteiger partial charge in [0.2, 0.25) is 0 Å². The number of carboxylic acid groups (broad SMARTS) is 1. The van der Waals surface area contributed by atoms with Crippen LogP contribution in [0.25, 0.3) is 0 Å². The second-order valence-electron chi connectivity index (χ2n) is 3.28. The number of nitrogens with one attached hydrogen (secondary N) is 1. The average Bonchev–Trinajstić information content (AvgIpc) is 2.00. The highest BCUT2D eigenvalue weighted by Gasteiger charge is 2.35. The SMILES string of the molecule is C#CC(C)NC(=O)N1CC(C(=O)O)C1. The summed E-state index contributed by atoms with van der Waals surface area (Å²) in [5.41, 5.74) is 0. The van der Waals surface area contributed by atoms with Crippen molar-refractivity contribution in [1.29, 1.82) is 0 Å². The summed E-state index contributed by atoms with van der Waals surface area (Å²) in [5, 5.41) is 11.1. The van der Waals surface area contributed by atoms with Crippen LogP contribution < -0.4 is 5.32 Å². The van der Waals surface area contributed by atoms with Crippen LogP contribution in [-0.4, -0.2) is 41.1 Å². The van der Waals surface area contributed by atoms with Crippen LogP contribution in [0.4, 0.5) is 4.79 Å². The van der Waals surface area contributed by atoms with E-state index in [-0.39, 0.29) is 25.2 Å². The van der Waals surface area contributed by atoms with Crippen molar-refractivity contribution in [3.8, 4) is 12.3 Å². The molecule has 76 valence electrons. The van der Waals surface area contributed by atoms with Crippen molar-refractivity contribution >= 4 is 12.0 Å². The molecule has 1 heterocycles. The molecule has 0 bridgehead atoms. The van der Waals surface area contributed by atoms with Gasteiger partial charge in [-0.25, -0.2) is 4.79 Å². The van der Waals surface area contributed by atoms with Gasteiger partial charge in [0.05, 0.1) is 12.0 Å². The van der Waals surface area contributed by atoms with Crippen LogP contribution in [0.3, 0.4) is 0 Å². The molecule has 14 heavy (non-hydrogen) atoms. The predicted molar refractivity (Wildman–Crippen MR) is 49.5 cm³/mol. The Morgan fingerprint density at radius 3 is 2.64 bits per heavy atom. The number of hydrogen-bond donors (Lipinski definition) is 2. The zero-order valence-electron chi connectivity index (χ0n) is 7.86. The predicted octanol–water partition coefficient (Wildman–Crippen LogP) is -0.266. The lowest BCUT2D eigenvalue weighted by Gasteiger charge is -2.36. The fraction of sp³-hybridized carbons (Fsp3) is 0.556. The summed E-state index contributed by atoms with van der Waals surface area (Å²) in [5.74, 6) is 1.07. The molecular weight excluding hydrogens is 184 g/mol. The first kappa shape index (κ1) is 10.4. The highest BCUT2D eigenvalue weighted by atomic mass is 16.4. The third-order valence-corrected chi connectivity index (χ3v) is 2.11. The third-order valence-electron chi connectivity index (χ3n) is 2.11. The van der Waals surface area contributed by atoms with E-state index in [1.807, 2.05) is 0 Å². The number of hydrogen-bond acceptors (Lipinski definition) is 2. The van der Waals surface area contributed by atoms with E-state index in [0.29, 0.717) is 0 Å². The Morgan fingerprint density at radius 2 is 2.21 bits per heavy atom. The van der Waals surface area contributed by atoms with Crippen LogP contribution in [0, 0.1) is 18.3 Å². The number of carbonyl (C=O) groups excluding carboxylic acids is 1. The minimum atomic E-state index is -0.862. The van der Waals surface area contributed by atoms with Gasteiger partial charge in [0, 0.05) is 13.1 Å². The Hall–Kier alpha value is -1.70. The zero-order chi connectivity index (χ0) is 10.7. The van der Waals surface area contributed by atoms with Gasteiger partial charge >= 0.3 is 12.0 Å². The minimum Gasteiger partial charge on any atom is -0.481 e. The summed E-state index contributed by atoms with van der Waals surface area (Å²) in [6, 6.07) is -0.626. The summed E-state index contributed by atoms with van der Waals surface area (Å²) < 4.78 is 0. The molecule has 2 N–H and O–H groups in total. The van der Waals surface area contributed by atoms with Crippen molar-refractivity contribution in [2.75, 3.05) is 13.1 Å². The molecule has 1 fully saturated rings. The molecule has 2 amide bonds. The first-order valence-electron chi connectivity index (χ1n) is 4.29. The number of amides is 2. The Labute approximate surface area is 82.1 Å². The van der Waals surface area contributed by atoms with Crippen molar-refractivity contribution in [3.63, 3.8) is 0 Å². The van der Waals surface area contributed by atoms with Crippen LogP contribution in [-0.2, 0) is 4.79 Å². The summed E-state index contributed by atoms with van der Waals surface area (Å²) in [6.07, 6.45) is 5.08. The van der Waals surface area contributed by atoms with Crippen molar-refractivity contribution < 1.29 is 14.7 Å². The summed E-state index contributed by atoms with van der Waals surface area (Å²) in [4.78, 5) is 23.1. The van der Waals surface area contributed by atoms with Gasteiger partial charge in [0.1, 0.15) is 0 Å². The lowest BCUT2D eigenvalue weighted by molar-refractivity contribution is -0.146. The number of aliphatic carboxylic acids is 1. The van der Waals surface area contributed by atoms with Gasteiger partial charge in [0.25, 0.3) is 0 Å². The van der Waals surface area contributed by atoms with E-state index in [1.165, 1.54) is 4.90 Å². The summed E-state index contributed by atoms with van der Waals surface area (Å²) in [7, 11) is 0. The minimum absolute atomic E-state index is 0.262. The topological polar surface area (TPSA) is 69.6 Å². The molecule has 1 rings (SSSR count). The monoisotopic (exact) mass is 196 g/mol. The fourth-order valence-electron chi connectivity index (χ4n) is 1.12. The Bertz CT molecular complexity index is 289. The molecule has 1 unspecified atom stereocenters. The summed E-state index contributed by atoms with van der Waals surface area (Å²) >= 11 is 0. The lowest BCUT2D eigenvalue weighted by atomic mass is 10.0. The molecule has 0 radical (unpaired) electrons. The van der Waals surface area contributed by atoms with Crippen molar-refractivity contribution in [2.24, 2.45) is 5.92 Å². The Balaban J connectivity index is 2.30. The zero-order valence-corrected chi connectivity index (χ0v) is 7.86. The van der Waals surface area contributed by atoms with Crippen molar-refractivity contribution in [2.45, 2.75) is 13.0 Å². The molecule has 1 saturated heterocycles. The van der Waals surface area contributed by atoms with Gasteiger partial charge in [-0.05, 0) is 6.92 Å². The highest BCUT2D eigenvalue weighted by Crippen LogP contribution is 2.15. The van der Waals surface area contributed by atoms with Gasteiger partial charge in [0.15, 0.2) is 0 Å². The molecule has 0 aliphatic carbocycles. The van der Waals surface area contributed by atoms with Gasteiger partial charge < -0.3 is 15.3 Å². The quantitative estimate of drug-likeness (QED) is 0.597. The van der Waals surface area contributed by atoms with Crippen LogP contribution in [0.1, 0.15) is 6.92 Å². The molecule has 0 spiro atoms. The van der Waals surface area contributed by atoms with Gasteiger partial charge in [-0.2, -0.15) is 0 Å². The van der Waals surface area contributed by atoms with Gasteiger partial charge in [-0.1, -0.05) is 5.92 Å². The number of nitrogens with zero attached hydrogens (tertiary/aromatic N) is 1. The molecule has 5 nitrogen and oxygen atoms in total. The van der Waals surface area contributed by atoms with Gasteiger partial charge in [-0.3, -0.25) is 4.79 Å². The molecule has 0 aromatic rings. The fourth-order valence-corrected chi connectivity index (χ4v) is 1.12. The van der Waals surface area contributed by atoms with Crippen LogP contribution >= 0.6 is 0 Å². The van der Waals surface area contributed by atoms with E-state index in [1.54, 1.807) is 6.92 Å². The molecule has 5 heteroatoms. The molecule has 1 aliphatic heterocycles. The standard InChI is InChI=1S/C9H12N2O3/c1-3-6(2)10-9(14)11-4-7(5-11)8(12)13/h1,6-7H,4-5H2,2H3,(H,10,14)(H,12,13). The van der Waals surface area contributed by atoms with E-state index in [4.69, 9.17) is 11.5 Å². The van der Waals surface area contributed by atoms with Crippen LogP contribution in [0.15, 0.2) is 0 Å². The normalized spacial score (nSPS) is 17.9. The maximum absolute atomic E-state index is 11.3. The lowest BCUT2D eigenvalue weighted by Crippen LogP contribution is -2.57. The largest absolute Gasteiger partial charge is 0.481 e. The average molecular weight is 196 g/mol. The van der Waals surface area contributed by atoms with Crippen molar-refractivity contribution in [1.82, 2.24) is 10.2 Å². The highest BCUT2D eigenvalue weighted by molar-refractivity contribution is 5.80. The third kappa shape index (κ3) is 2.16. The number of carbonyl (C=O) groups is 2. The van der Waals surface area contributed by atoms with E-state index < -0.39 is 11.9 Å². The van der Waals surface area contributed by atoms with E-state index >= 15 is 0 Å². The Kier molecular flexibility index (Phi) is 2.97. The summed E-state index contributed by atoms with van der Waals surface area (Å²) in [6.45, 7) is 2.21. The molecule has 0 saturated carbocycles. The number of likely N-dealkylation sites (tertiary alicyclic amines) is 1. The van der Waals surface area contributed by atoms with Gasteiger partial charge in [-0.15, -0.1) is 6.42 Å². The molecule has 0 aromatic carbocycles. The van der Waals surface area contributed by atoms with E-state index in [0.717, 1.165) is 0 Å². The van der Waals surface area contributed by atoms with E-state index in [2.05, 4.69) is 11.2 Å². The Morgan fingerprint density at radius 1 is 1.64 bits per heavy atom. The molecular formula is C9H12N2O3. The number of carboxylic acids is 1. The molecule has 1 aliphatic rings. The van der Waals surface area contributed by atoms with E-state index in [9.17, 15) is 9.59 Å². The van der Waals surface area contributed by atoms with Crippen LogP contribution in [0.2, 0.25) is 0 Å². The second-order valence-corrected chi connectivity index (χ2v) is 3.28. The smallest absolute Gasteiger partial charge is 0.318 e. The number of terminal acetylenes is 1. The van der Waals surface area contributed by atoms with Crippen LogP contribution in [0.5, 0.6) is 0 Å². The first-order valence-corrected chi connectivity index (χ1v) is 4.29. The molecule has 1 atom stereocenters. The maximum atomic E-state index is 11.3. The number of rotatable bonds is 2. The maximum Gasteiger partial charge on any atom is 0.318 e. The molecule has 0 aromatic heterocycles. The first-order chi connectivity index (χ1) is 6.54.